The van der Waals surface area contributed by atoms with E-state index in [-0.39, 0.29) is 12.5 Å². The van der Waals surface area contributed by atoms with E-state index >= 15 is 0 Å². The molecule has 1 aliphatic rings. The van der Waals surface area contributed by atoms with E-state index in [4.69, 9.17) is 5.11 Å². The molecule has 6 heteroatoms. The lowest BCUT2D eigenvalue weighted by atomic mass is 10.2. The molecule has 0 spiro atoms. The molecular weight excluding hydrogens is 280 g/mol. The van der Waals surface area contributed by atoms with Crippen LogP contribution in [0.1, 0.15) is 19.5 Å². The Morgan fingerprint density at radius 1 is 1.23 bits per heavy atom. The van der Waals surface area contributed by atoms with Gasteiger partial charge in [-0.15, -0.1) is 0 Å². The number of aliphatic hydroxyl groups excluding tert-OH is 1. The van der Waals surface area contributed by atoms with Crippen molar-refractivity contribution in [2.24, 2.45) is 0 Å². The second kappa shape index (κ2) is 8.10. The summed E-state index contributed by atoms with van der Waals surface area (Å²) in [6.07, 6.45) is 0. The Hall–Kier alpha value is -1.66. The number of likely N-dealkylation sites (N-methyl/N-ethyl adjacent to an activating group) is 1. The molecule has 2 rings (SSSR count). The number of hydrogen-bond acceptors (Lipinski definition) is 5. The lowest BCUT2D eigenvalue weighted by molar-refractivity contribution is -0.132. The van der Waals surface area contributed by atoms with Crippen molar-refractivity contribution >= 4 is 11.7 Å². The van der Waals surface area contributed by atoms with Crippen molar-refractivity contribution in [2.45, 2.75) is 20.5 Å². The first kappa shape index (κ1) is 16.7. The van der Waals surface area contributed by atoms with Crippen molar-refractivity contribution in [3.8, 4) is 0 Å². The van der Waals surface area contributed by atoms with Crippen molar-refractivity contribution in [2.75, 3.05) is 50.7 Å². The van der Waals surface area contributed by atoms with Gasteiger partial charge in [-0.3, -0.25) is 9.69 Å². The number of aliphatic hydroxyl groups is 1. The molecule has 0 saturated carbocycles. The number of aromatic nitrogens is 1. The fourth-order valence-electron chi connectivity index (χ4n) is 2.73. The molecule has 1 amide bonds. The molecule has 122 valence electrons. The maximum Gasteiger partial charge on any atom is 0.236 e. The van der Waals surface area contributed by atoms with Gasteiger partial charge in [0.2, 0.25) is 5.91 Å². The van der Waals surface area contributed by atoms with Crippen LogP contribution in [-0.4, -0.2) is 71.6 Å². The van der Waals surface area contributed by atoms with Gasteiger partial charge in [0.05, 0.1) is 18.8 Å². The molecular formula is C16H26N4O2. The number of rotatable bonds is 6. The number of nitrogens with zero attached hydrogens (tertiary/aromatic N) is 4. The van der Waals surface area contributed by atoms with Crippen LogP contribution in [0.4, 0.5) is 5.82 Å². The third kappa shape index (κ3) is 4.18. The Kier molecular flexibility index (Phi) is 6.15. The van der Waals surface area contributed by atoms with E-state index in [2.05, 4.69) is 14.8 Å². The number of pyridine rings is 1. The molecule has 1 saturated heterocycles. The van der Waals surface area contributed by atoms with E-state index in [1.54, 1.807) is 0 Å². The van der Waals surface area contributed by atoms with Gasteiger partial charge in [0.15, 0.2) is 0 Å². The van der Waals surface area contributed by atoms with Crippen molar-refractivity contribution in [1.82, 2.24) is 14.8 Å². The molecule has 0 aromatic carbocycles. The molecule has 2 heterocycles. The van der Waals surface area contributed by atoms with Crippen LogP contribution in [0.15, 0.2) is 18.2 Å². The largest absolute Gasteiger partial charge is 0.390 e. The number of amides is 1. The van der Waals surface area contributed by atoms with Gasteiger partial charge in [0.1, 0.15) is 5.82 Å². The predicted octanol–water partition coefficient (Wildman–Crippen LogP) is 0.564. The first-order valence-corrected chi connectivity index (χ1v) is 7.99. The molecule has 1 aliphatic heterocycles. The van der Waals surface area contributed by atoms with Crippen LogP contribution >= 0.6 is 0 Å². The highest BCUT2D eigenvalue weighted by atomic mass is 16.3. The van der Waals surface area contributed by atoms with Crippen LogP contribution in [0.25, 0.3) is 0 Å². The second-order valence-electron chi connectivity index (χ2n) is 5.47. The molecule has 0 radical (unpaired) electrons. The zero-order valence-electron chi connectivity index (χ0n) is 13.5. The van der Waals surface area contributed by atoms with E-state index in [1.165, 1.54) is 0 Å². The summed E-state index contributed by atoms with van der Waals surface area (Å²) >= 11 is 0. The van der Waals surface area contributed by atoms with Gasteiger partial charge in [-0.1, -0.05) is 6.07 Å². The molecule has 1 aromatic rings. The van der Waals surface area contributed by atoms with Gasteiger partial charge in [-0.25, -0.2) is 4.98 Å². The Morgan fingerprint density at radius 2 is 1.91 bits per heavy atom. The number of anilines is 1. The van der Waals surface area contributed by atoms with Gasteiger partial charge in [-0.05, 0) is 26.0 Å². The van der Waals surface area contributed by atoms with E-state index in [1.807, 2.05) is 36.9 Å². The third-order valence-electron chi connectivity index (χ3n) is 4.13. The monoisotopic (exact) mass is 306 g/mol. The van der Waals surface area contributed by atoms with Gasteiger partial charge in [0.25, 0.3) is 0 Å². The van der Waals surface area contributed by atoms with Crippen molar-refractivity contribution < 1.29 is 9.90 Å². The smallest absolute Gasteiger partial charge is 0.236 e. The minimum absolute atomic E-state index is 0.0355. The molecule has 1 fully saturated rings. The third-order valence-corrected chi connectivity index (χ3v) is 4.13. The van der Waals surface area contributed by atoms with Crippen LogP contribution in [0.3, 0.4) is 0 Å². The highest BCUT2D eigenvalue weighted by Crippen LogP contribution is 2.14. The highest BCUT2D eigenvalue weighted by molar-refractivity contribution is 5.78. The Balaban J connectivity index is 1.86. The summed E-state index contributed by atoms with van der Waals surface area (Å²) < 4.78 is 0. The van der Waals surface area contributed by atoms with E-state index in [9.17, 15) is 4.79 Å². The number of piperazine rings is 1. The fraction of sp³-hybridized carbons (Fsp3) is 0.625. The van der Waals surface area contributed by atoms with E-state index < -0.39 is 0 Å². The second-order valence-corrected chi connectivity index (χ2v) is 5.47. The first-order chi connectivity index (χ1) is 10.7. The lowest BCUT2D eigenvalue weighted by Gasteiger charge is -2.36. The van der Waals surface area contributed by atoms with Crippen molar-refractivity contribution in [1.29, 1.82) is 0 Å². The summed E-state index contributed by atoms with van der Waals surface area (Å²) in [4.78, 5) is 22.9. The SMILES string of the molecule is CCN(CC)C(=O)CN1CCN(c2cccc(CO)n2)CC1. The summed E-state index contributed by atoms with van der Waals surface area (Å²) in [5.74, 6) is 1.11. The molecule has 0 aliphatic carbocycles. The molecule has 1 aromatic heterocycles. The van der Waals surface area contributed by atoms with Crippen LogP contribution in [-0.2, 0) is 11.4 Å². The standard InChI is InChI=1S/C16H26N4O2/c1-3-19(4-2)16(22)12-18-8-10-20(11-9-18)15-7-5-6-14(13-21)17-15/h5-7,21H,3-4,8-13H2,1-2H3. The lowest BCUT2D eigenvalue weighted by Crippen LogP contribution is -2.50. The quantitative estimate of drug-likeness (QED) is 0.832. The maximum atomic E-state index is 12.1. The predicted molar refractivity (Wildman–Crippen MR) is 86.7 cm³/mol. The number of carbonyl (C=O) groups is 1. The minimum Gasteiger partial charge on any atom is -0.390 e. The summed E-state index contributed by atoms with van der Waals surface area (Å²) in [6.45, 7) is 9.46. The molecule has 0 unspecified atom stereocenters. The van der Waals surface area contributed by atoms with Gasteiger partial charge in [-0.2, -0.15) is 0 Å². The van der Waals surface area contributed by atoms with Crippen LogP contribution < -0.4 is 4.90 Å². The van der Waals surface area contributed by atoms with E-state index in [0.717, 1.165) is 45.1 Å². The normalized spacial score (nSPS) is 15.9. The maximum absolute atomic E-state index is 12.1. The number of hydrogen-bond donors (Lipinski definition) is 1. The zero-order valence-corrected chi connectivity index (χ0v) is 13.5. The van der Waals surface area contributed by atoms with Crippen LogP contribution in [0, 0.1) is 0 Å². The molecule has 22 heavy (non-hydrogen) atoms. The fourth-order valence-corrected chi connectivity index (χ4v) is 2.73. The minimum atomic E-state index is -0.0355. The Bertz CT molecular complexity index is 483. The van der Waals surface area contributed by atoms with Gasteiger partial charge >= 0.3 is 0 Å². The van der Waals surface area contributed by atoms with Crippen molar-refractivity contribution in [3.63, 3.8) is 0 Å². The Labute approximate surface area is 132 Å². The molecule has 0 atom stereocenters. The van der Waals surface area contributed by atoms with Gasteiger partial charge in [0, 0.05) is 39.3 Å². The first-order valence-electron chi connectivity index (χ1n) is 7.99. The average Bonchev–Trinajstić information content (AvgIpc) is 2.56. The summed E-state index contributed by atoms with van der Waals surface area (Å²) in [7, 11) is 0. The zero-order chi connectivity index (χ0) is 15.9. The summed E-state index contributed by atoms with van der Waals surface area (Å²) in [5, 5.41) is 9.17. The molecule has 1 N–H and O–H groups in total. The van der Waals surface area contributed by atoms with Gasteiger partial charge < -0.3 is 14.9 Å². The van der Waals surface area contributed by atoms with E-state index in [0.29, 0.717) is 12.2 Å². The van der Waals surface area contributed by atoms with Crippen LogP contribution in [0.5, 0.6) is 0 Å². The summed E-state index contributed by atoms with van der Waals surface area (Å²) in [5.41, 5.74) is 0.691. The topological polar surface area (TPSA) is 59.9 Å². The van der Waals surface area contributed by atoms with Crippen molar-refractivity contribution in [3.05, 3.63) is 23.9 Å². The summed E-state index contributed by atoms with van der Waals surface area (Å²) in [6, 6.07) is 5.71. The highest BCUT2D eigenvalue weighted by Gasteiger charge is 2.21. The average molecular weight is 306 g/mol. The Morgan fingerprint density at radius 3 is 2.50 bits per heavy atom. The molecule has 6 nitrogen and oxygen atoms in total. The van der Waals surface area contributed by atoms with Crippen LogP contribution in [0.2, 0.25) is 0 Å². The number of carbonyl (C=O) groups excluding carboxylic acids is 1. The molecule has 0 bridgehead atoms.